The zero-order valence-corrected chi connectivity index (χ0v) is 15.0. The molecule has 1 fully saturated rings. The van der Waals surface area contributed by atoms with Gasteiger partial charge in [0, 0.05) is 5.56 Å². The fraction of sp³-hybridized carbons (Fsp3) is 0.474. The van der Waals surface area contributed by atoms with Crippen molar-refractivity contribution in [3.63, 3.8) is 0 Å². The molecule has 1 aliphatic carbocycles. The smallest absolute Gasteiger partial charge is 0.329 e. The summed E-state index contributed by atoms with van der Waals surface area (Å²) in [5.41, 5.74) is 0.439. The number of carboxylic acid groups (broad SMARTS) is 1. The predicted molar refractivity (Wildman–Crippen MR) is 93.9 cm³/mol. The molecule has 1 amide bonds. The Hall–Kier alpha value is -2.70. The molecule has 0 spiro atoms. The Morgan fingerprint density at radius 1 is 1.12 bits per heavy atom. The zero-order valence-electron chi connectivity index (χ0n) is 15.0. The number of fused-ring (bicyclic) bond motifs is 1. The predicted octanol–water partition coefficient (Wildman–Crippen LogP) is 2.48. The van der Waals surface area contributed by atoms with Crippen LogP contribution < -0.4 is 14.8 Å². The van der Waals surface area contributed by atoms with Crippen molar-refractivity contribution in [3.8, 4) is 11.5 Å². The molecule has 7 heteroatoms. The number of carbonyl (C=O) groups is 2. The Labute approximate surface area is 151 Å². The largest absolute Gasteiger partial charge is 0.493 e. The Bertz CT molecular complexity index is 749. The van der Waals surface area contributed by atoms with Crippen molar-refractivity contribution in [3.05, 3.63) is 29.0 Å². The third-order valence-corrected chi connectivity index (χ3v) is 5.01. The van der Waals surface area contributed by atoms with E-state index < -0.39 is 17.4 Å². The van der Waals surface area contributed by atoms with Crippen LogP contribution in [0.5, 0.6) is 11.5 Å². The van der Waals surface area contributed by atoms with E-state index in [-0.39, 0.29) is 12.4 Å². The molecule has 2 N–H and O–H groups in total. The van der Waals surface area contributed by atoms with E-state index in [1.54, 1.807) is 32.4 Å². The highest BCUT2D eigenvalue weighted by molar-refractivity contribution is 5.99. The molecule has 1 saturated carbocycles. The maximum absolute atomic E-state index is 12.6. The van der Waals surface area contributed by atoms with Gasteiger partial charge in [0.15, 0.2) is 17.3 Å². The zero-order chi connectivity index (χ0) is 18.7. The molecule has 2 aliphatic rings. The van der Waals surface area contributed by atoms with E-state index in [4.69, 9.17) is 14.2 Å². The lowest BCUT2D eigenvalue weighted by molar-refractivity contribution is -0.149. The van der Waals surface area contributed by atoms with Crippen LogP contribution in [-0.2, 0) is 20.9 Å². The number of rotatable bonds is 5. The Morgan fingerprint density at radius 3 is 2.38 bits per heavy atom. The molecule has 0 saturated heterocycles. The average Bonchev–Trinajstić information content (AvgIpc) is 2.66. The number of hydrogen-bond donors (Lipinski definition) is 2. The van der Waals surface area contributed by atoms with Crippen molar-refractivity contribution < 1.29 is 28.9 Å². The van der Waals surface area contributed by atoms with Crippen LogP contribution in [-0.4, -0.2) is 36.7 Å². The molecule has 3 rings (SSSR count). The van der Waals surface area contributed by atoms with Gasteiger partial charge in [0.05, 0.1) is 14.2 Å². The maximum Gasteiger partial charge on any atom is 0.329 e. The number of amides is 1. The van der Waals surface area contributed by atoms with Gasteiger partial charge in [0.25, 0.3) is 5.91 Å². The second kappa shape index (κ2) is 7.27. The van der Waals surface area contributed by atoms with Gasteiger partial charge in [-0.3, -0.25) is 4.79 Å². The summed E-state index contributed by atoms with van der Waals surface area (Å²) in [6.45, 7) is 0.203. The first-order chi connectivity index (χ1) is 12.5. The molecule has 1 aromatic rings. The molecular weight excluding hydrogens is 338 g/mol. The van der Waals surface area contributed by atoms with Crippen molar-refractivity contribution >= 4 is 18.0 Å². The standard InChI is InChI=1S/C19H23NO6/c1-24-14-8-12-9-16(26-11-13(12)10-15(14)25-2)17(21)20-19(18(22)23)6-4-3-5-7-19/h8-10H,3-7,11H2,1-2H3,(H,20,21)(H,22,23). The minimum Gasteiger partial charge on any atom is -0.493 e. The van der Waals surface area contributed by atoms with Gasteiger partial charge in [-0.05, 0) is 36.6 Å². The monoisotopic (exact) mass is 361 g/mol. The molecule has 0 atom stereocenters. The Balaban J connectivity index is 1.85. The molecule has 26 heavy (non-hydrogen) atoms. The van der Waals surface area contributed by atoms with Gasteiger partial charge in [-0.25, -0.2) is 4.79 Å². The number of methoxy groups -OCH3 is 2. The molecule has 0 aromatic heterocycles. The quantitative estimate of drug-likeness (QED) is 0.837. The van der Waals surface area contributed by atoms with E-state index >= 15 is 0 Å². The summed E-state index contributed by atoms with van der Waals surface area (Å²) in [5, 5.41) is 12.3. The number of benzene rings is 1. The van der Waals surface area contributed by atoms with Crippen LogP contribution in [0.25, 0.3) is 6.08 Å². The van der Waals surface area contributed by atoms with Crippen molar-refractivity contribution in [1.29, 1.82) is 0 Å². The van der Waals surface area contributed by atoms with Crippen LogP contribution >= 0.6 is 0 Å². The summed E-state index contributed by atoms with van der Waals surface area (Å²) in [5.74, 6) is -0.249. The van der Waals surface area contributed by atoms with Crippen molar-refractivity contribution in [1.82, 2.24) is 5.32 Å². The summed E-state index contributed by atoms with van der Waals surface area (Å²) in [6.07, 6.45) is 5.03. The van der Waals surface area contributed by atoms with Crippen LogP contribution in [0.3, 0.4) is 0 Å². The summed E-state index contributed by atoms with van der Waals surface area (Å²) >= 11 is 0. The number of carbonyl (C=O) groups excluding carboxylic acids is 1. The number of carboxylic acids is 1. The summed E-state index contributed by atoms with van der Waals surface area (Å²) in [6, 6.07) is 3.58. The van der Waals surface area contributed by atoms with Crippen LogP contribution in [0.4, 0.5) is 0 Å². The van der Waals surface area contributed by atoms with Gasteiger partial charge in [-0.15, -0.1) is 0 Å². The van der Waals surface area contributed by atoms with E-state index in [9.17, 15) is 14.7 Å². The summed E-state index contributed by atoms with van der Waals surface area (Å²) < 4.78 is 16.1. The van der Waals surface area contributed by atoms with Crippen LogP contribution in [0.1, 0.15) is 43.2 Å². The van der Waals surface area contributed by atoms with Crippen LogP contribution in [0.2, 0.25) is 0 Å². The fourth-order valence-corrected chi connectivity index (χ4v) is 3.49. The van der Waals surface area contributed by atoms with Crippen molar-refractivity contribution in [2.24, 2.45) is 0 Å². The average molecular weight is 361 g/mol. The van der Waals surface area contributed by atoms with Crippen molar-refractivity contribution in [2.45, 2.75) is 44.2 Å². The number of ether oxygens (including phenoxy) is 3. The highest BCUT2D eigenvalue weighted by Crippen LogP contribution is 2.35. The highest BCUT2D eigenvalue weighted by Gasteiger charge is 2.41. The van der Waals surface area contributed by atoms with Gasteiger partial charge >= 0.3 is 5.97 Å². The lowest BCUT2D eigenvalue weighted by Crippen LogP contribution is -2.56. The van der Waals surface area contributed by atoms with E-state index in [1.807, 2.05) is 0 Å². The molecule has 1 aliphatic heterocycles. The number of hydrogen-bond acceptors (Lipinski definition) is 5. The Kier molecular flexibility index (Phi) is 5.06. The molecule has 1 aromatic carbocycles. The van der Waals surface area contributed by atoms with Gasteiger partial charge in [-0.2, -0.15) is 0 Å². The fourth-order valence-electron chi connectivity index (χ4n) is 3.49. The van der Waals surface area contributed by atoms with E-state index in [0.29, 0.717) is 24.3 Å². The molecule has 7 nitrogen and oxygen atoms in total. The van der Waals surface area contributed by atoms with Crippen molar-refractivity contribution in [2.75, 3.05) is 14.2 Å². The molecular formula is C19H23NO6. The summed E-state index contributed by atoms with van der Waals surface area (Å²) in [4.78, 5) is 24.4. The Morgan fingerprint density at radius 2 is 1.77 bits per heavy atom. The third kappa shape index (κ3) is 3.34. The molecule has 0 radical (unpaired) electrons. The maximum atomic E-state index is 12.6. The first-order valence-electron chi connectivity index (χ1n) is 8.64. The van der Waals surface area contributed by atoms with Gasteiger partial charge in [0.1, 0.15) is 12.1 Å². The molecule has 0 bridgehead atoms. The minimum atomic E-state index is -1.21. The van der Waals surface area contributed by atoms with E-state index in [0.717, 1.165) is 30.4 Å². The topological polar surface area (TPSA) is 94.1 Å². The van der Waals surface area contributed by atoms with Crippen LogP contribution in [0.15, 0.2) is 17.9 Å². The lowest BCUT2D eigenvalue weighted by Gasteiger charge is -2.34. The van der Waals surface area contributed by atoms with E-state index in [2.05, 4.69) is 5.32 Å². The van der Waals surface area contributed by atoms with Gasteiger partial charge in [-0.1, -0.05) is 19.3 Å². The first-order valence-corrected chi connectivity index (χ1v) is 8.64. The molecule has 1 heterocycles. The van der Waals surface area contributed by atoms with Crippen LogP contribution in [0, 0.1) is 0 Å². The summed E-state index contributed by atoms with van der Waals surface area (Å²) in [7, 11) is 3.10. The lowest BCUT2D eigenvalue weighted by atomic mass is 9.81. The van der Waals surface area contributed by atoms with Gasteiger partial charge in [0.2, 0.25) is 0 Å². The second-order valence-corrected chi connectivity index (χ2v) is 6.61. The third-order valence-electron chi connectivity index (χ3n) is 5.01. The molecule has 140 valence electrons. The normalized spacial score (nSPS) is 18.0. The molecule has 0 unspecified atom stereocenters. The first kappa shape index (κ1) is 18.1. The highest BCUT2D eigenvalue weighted by atomic mass is 16.5. The minimum absolute atomic E-state index is 0.107. The van der Waals surface area contributed by atoms with E-state index in [1.165, 1.54) is 0 Å². The number of nitrogens with one attached hydrogen (secondary N) is 1. The second-order valence-electron chi connectivity index (χ2n) is 6.61. The number of aliphatic carboxylic acids is 1. The SMILES string of the molecule is COc1cc2c(cc1OC)COC(C(=O)NC1(C(=O)O)CCCCC1)=C2. The van der Waals surface area contributed by atoms with Gasteiger partial charge < -0.3 is 24.6 Å².